The third-order valence-corrected chi connectivity index (χ3v) is 3.05. The molecule has 104 valence electrons. The molecule has 3 nitrogen and oxygen atoms in total. The molecule has 0 aliphatic heterocycles. The Morgan fingerprint density at radius 3 is 2.55 bits per heavy atom. The van der Waals surface area contributed by atoms with Gasteiger partial charge in [-0.2, -0.15) is 0 Å². The van der Waals surface area contributed by atoms with E-state index in [1.807, 2.05) is 31.2 Å². The number of nitrogens with one attached hydrogen (secondary N) is 1. The number of nitrogen functional groups attached to an aromatic ring is 1. The maximum absolute atomic E-state index is 13.0. The fourth-order valence-corrected chi connectivity index (χ4v) is 1.85. The van der Waals surface area contributed by atoms with E-state index in [4.69, 9.17) is 5.73 Å². The average Bonchev–Trinajstić information content (AvgIpc) is 2.44. The standard InChI is InChI=1S/C16H17FN2O/c1-11-2-5-13(6-3-11)19-9-8-16(20)12-4-7-14(17)15(18)10-12/h2-7,10,19H,8-9,18H2,1H3. The van der Waals surface area contributed by atoms with Crippen LogP contribution in [0.5, 0.6) is 0 Å². The van der Waals surface area contributed by atoms with Crippen LogP contribution in [0.15, 0.2) is 42.5 Å². The summed E-state index contributed by atoms with van der Waals surface area (Å²) < 4.78 is 13.0. The van der Waals surface area contributed by atoms with Gasteiger partial charge in [-0.15, -0.1) is 0 Å². The highest BCUT2D eigenvalue weighted by Gasteiger charge is 2.08. The summed E-state index contributed by atoms with van der Waals surface area (Å²) in [5.41, 5.74) is 8.05. The van der Waals surface area contributed by atoms with Crippen molar-refractivity contribution in [1.82, 2.24) is 0 Å². The molecular weight excluding hydrogens is 255 g/mol. The molecule has 2 rings (SSSR count). The summed E-state index contributed by atoms with van der Waals surface area (Å²) in [6, 6.07) is 12.0. The zero-order chi connectivity index (χ0) is 14.5. The molecule has 0 saturated carbocycles. The predicted molar refractivity (Wildman–Crippen MR) is 79.4 cm³/mol. The fourth-order valence-electron chi connectivity index (χ4n) is 1.85. The Bertz CT molecular complexity index is 608. The van der Waals surface area contributed by atoms with E-state index in [0.717, 1.165) is 5.69 Å². The van der Waals surface area contributed by atoms with Crippen molar-refractivity contribution in [2.75, 3.05) is 17.6 Å². The van der Waals surface area contributed by atoms with Crippen LogP contribution in [0.25, 0.3) is 0 Å². The van der Waals surface area contributed by atoms with Gasteiger partial charge in [0.05, 0.1) is 5.69 Å². The van der Waals surface area contributed by atoms with Gasteiger partial charge in [0, 0.05) is 24.2 Å². The number of ketones is 1. The van der Waals surface area contributed by atoms with Gasteiger partial charge in [0.25, 0.3) is 0 Å². The highest BCUT2D eigenvalue weighted by Crippen LogP contribution is 2.14. The van der Waals surface area contributed by atoms with E-state index >= 15 is 0 Å². The lowest BCUT2D eigenvalue weighted by Gasteiger charge is -2.07. The number of aryl methyl sites for hydroxylation is 1. The van der Waals surface area contributed by atoms with Gasteiger partial charge in [-0.3, -0.25) is 4.79 Å². The quantitative estimate of drug-likeness (QED) is 0.648. The van der Waals surface area contributed by atoms with Gasteiger partial charge in [0.1, 0.15) is 5.82 Å². The summed E-state index contributed by atoms with van der Waals surface area (Å²) in [5.74, 6) is -0.560. The number of Topliss-reactive ketones (excluding diaryl/α,β-unsaturated/α-hetero) is 1. The van der Waals surface area contributed by atoms with Crippen LogP contribution in [-0.4, -0.2) is 12.3 Å². The largest absolute Gasteiger partial charge is 0.396 e. The molecule has 0 aliphatic rings. The number of hydrogen-bond acceptors (Lipinski definition) is 3. The molecule has 0 saturated heterocycles. The molecule has 2 aromatic carbocycles. The number of carbonyl (C=O) groups excluding carboxylic acids is 1. The van der Waals surface area contributed by atoms with Crippen LogP contribution in [-0.2, 0) is 0 Å². The van der Waals surface area contributed by atoms with Crippen LogP contribution in [0.4, 0.5) is 15.8 Å². The number of hydrogen-bond donors (Lipinski definition) is 2. The third kappa shape index (κ3) is 3.57. The first-order valence-electron chi connectivity index (χ1n) is 6.45. The Kier molecular flexibility index (Phi) is 4.35. The summed E-state index contributed by atoms with van der Waals surface area (Å²) >= 11 is 0. The zero-order valence-corrected chi connectivity index (χ0v) is 11.3. The normalized spacial score (nSPS) is 10.3. The van der Waals surface area contributed by atoms with Gasteiger partial charge in [0.2, 0.25) is 0 Å². The Morgan fingerprint density at radius 2 is 1.90 bits per heavy atom. The van der Waals surface area contributed by atoms with Crippen LogP contribution in [0, 0.1) is 12.7 Å². The molecular formula is C16H17FN2O. The van der Waals surface area contributed by atoms with E-state index in [0.29, 0.717) is 18.5 Å². The first-order chi connectivity index (χ1) is 9.56. The van der Waals surface area contributed by atoms with Crippen LogP contribution in [0.3, 0.4) is 0 Å². The first kappa shape index (κ1) is 14.1. The first-order valence-corrected chi connectivity index (χ1v) is 6.45. The van der Waals surface area contributed by atoms with E-state index in [9.17, 15) is 9.18 Å². The topological polar surface area (TPSA) is 55.1 Å². The predicted octanol–water partition coefficient (Wildman–Crippen LogP) is 3.40. The van der Waals surface area contributed by atoms with Crippen LogP contribution < -0.4 is 11.1 Å². The molecule has 0 spiro atoms. The highest BCUT2D eigenvalue weighted by molar-refractivity contribution is 5.97. The summed E-state index contributed by atoms with van der Waals surface area (Å²) in [4.78, 5) is 11.9. The second-order valence-electron chi connectivity index (χ2n) is 4.70. The summed E-state index contributed by atoms with van der Waals surface area (Å²) in [6.45, 7) is 2.55. The molecule has 2 aromatic rings. The van der Waals surface area contributed by atoms with Crippen molar-refractivity contribution in [3.63, 3.8) is 0 Å². The molecule has 0 unspecified atom stereocenters. The Morgan fingerprint density at radius 1 is 1.20 bits per heavy atom. The molecule has 4 heteroatoms. The Labute approximate surface area is 117 Å². The van der Waals surface area contributed by atoms with E-state index in [1.54, 1.807) is 0 Å². The van der Waals surface area contributed by atoms with Crippen molar-refractivity contribution < 1.29 is 9.18 Å². The summed E-state index contributed by atoms with van der Waals surface area (Å²) in [6.07, 6.45) is 0.332. The third-order valence-electron chi connectivity index (χ3n) is 3.05. The van der Waals surface area contributed by atoms with Crippen molar-refractivity contribution in [2.24, 2.45) is 0 Å². The van der Waals surface area contributed by atoms with Crippen molar-refractivity contribution in [1.29, 1.82) is 0 Å². The number of anilines is 2. The lowest BCUT2D eigenvalue weighted by molar-refractivity contribution is 0.0986. The lowest BCUT2D eigenvalue weighted by Crippen LogP contribution is -2.09. The van der Waals surface area contributed by atoms with Crippen LogP contribution >= 0.6 is 0 Å². The molecule has 0 amide bonds. The molecule has 20 heavy (non-hydrogen) atoms. The van der Waals surface area contributed by atoms with Crippen LogP contribution in [0.1, 0.15) is 22.3 Å². The number of benzene rings is 2. The number of rotatable bonds is 5. The van der Waals surface area contributed by atoms with E-state index < -0.39 is 5.82 Å². The molecule has 0 bridgehead atoms. The zero-order valence-electron chi connectivity index (χ0n) is 11.3. The Hall–Kier alpha value is -2.36. The molecule has 0 fully saturated rings. The maximum Gasteiger partial charge on any atom is 0.164 e. The molecule has 0 aliphatic carbocycles. The molecule has 0 radical (unpaired) electrons. The van der Waals surface area contributed by atoms with Crippen molar-refractivity contribution in [2.45, 2.75) is 13.3 Å². The molecule has 0 aromatic heterocycles. The number of halogens is 1. The fraction of sp³-hybridized carbons (Fsp3) is 0.188. The number of carbonyl (C=O) groups is 1. The summed E-state index contributed by atoms with van der Waals surface area (Å²) in [7, 11) is 0. The van der Waals surface area contributed by atoms with Gasteiger partial charge in [-0.25, -0.2) is 4.39 Å². The smallest absolute Gasteiger partial charge is 0.164 e. The van der Waals surface area contributed by atoms with Gasteiger partial charge in [-0.05, 0) is 37.3 Å². The highest BCUT2D eigenvalue weighted by atomic mass is 19.1. The molecule has 0 heterocycles. The van der Waals surface area contributed by atoms with Crippen molar-refractivity contribution in [3.8, 4) is 0 Å². The number of nitrogens with two attached hydrogens (primary N) is 1. The van der Waals surface area contributed by atoms with E-state index in [2.05, 4.69) is 5.32 Å². The van der Waals surface area contributed by atoms with Crippen molar-refractivity contribution >= 4 is 17.2 Å². The van der Waals surface area contributed by atoms with Gasteiger partial charge in [0.15, 0.2) is 5.78 Å². The Balaban J connectivity index is 1.88. The average molecular weight is 272 g/mol. The lowest BCUT2D eigenvalue weighted by atomic mass is 10.1. The molecule has 3 N–H and O–H groups in total. The second kappa shape index (κ2) is 6.19. The van der Waals surface area contributed by atoms with Gasteiger partial charge < -0.3 is 11.1 Å². The van der Waals surface area contributed by atoms with Gasteiger partial charge >= 0.3 is 0 Å². The van der Waals surface area contributed by atoms with E-state index in [-0.39, 0.29) is 11.5 Å². The summed E-state index contributed by atoms with van der Waals surface area (Å²) in [5, 5.41) is 3.17. The molecule has 0 atom stereocenters. The maximum atomic E-state index is 13.0. The van der Waals surface area contributed by atoms with Crippen LogP contribution in [0.2, 0.25) is 0 Å². The minimum Gasteiger partial charge on any atom is -0.396 e. The minimum absolute atomic E-state index is 0.00217. The van der Waals surface area contributed by atoms with Gasteiger partial charge in [-0.1, -0.05) is 17.7 Å². The minimum atomic E-state index is -0.501. The SMILES string of the molecule is Cc1ccc(NCCC(=O)c2ccc(F)c(N)c2)cc1. The van der Waals surface area contributed by atoms with E-state index in [1.165, 1.54) is 23.8 Å². The van der Waals surface area contributed by atoms with Crippen molar-refractivity contribution in [3.05, 3.63) is 59.4 Å². The second-order valence-corrected chi connectivity index (χ2v) is 4.70. The monoisotopic (exact) mass is 272 g/mol.